The molecule has 0 aliphatic heterocycles. The summed E-state index contributed by atoms with van der Waals surface area (Å²) in [5.74, 6) is -0.486. The van der Waals surface area contributed by atoms with Crippen molar-refractivity contribution >= 4 is 16.4 Å². The Balaban J connectivity index is 1.99. The van der Waals surface area contributed by atoms with Crippen molar-refractivity contribution in [3.63, 3.8) is 0 Å². The number of halogens is 3. The van der Waals surface area contributed by atoms with Crippen LogP contribution < -0.4 is 9.50 Å². The summed E-state index contributed by atoms with van der Waals surface area (Å²) in [5, 5.41) is 3.17. The highest BCUT2D eigenvalue weighted by Crippen LogP contribution is 2.28. The predicted octanol–water partition coefficient (Wildman–Crippen LogP) is 2.60. The van der Waals surface area contributed by atoms with Crippen LogP contribution in [-0.4, -0.2) is 38.3 Å². The zero-order valence-corrected chi connectivity index (χ0v) is 15.8. The number of alkyl halides is 3. The van der Waals surface area contributed by atoms with E-state index >= 15 is 0 Å². The van der Waals surface area contributed by atoms with Gasteiger partial charge in [-0.15, -0.1) is 0 Å². The second-order valence-corrected chi connectivity index (χ2v) is 7.86. The standard InChI is InChI=1S/C18H19F3N2O4S/c1-17(13-24,12-23-11-8-14-6-9-22-10-7-14)15-2-4-16(5-3-15)27-28(25,26)18(19,20)21/h2-7,9-10,13,23H,8,11-12H2,1H3. The van der Waals surface area contributed by atoms with Crippen LogP contribution >= 0.6 is 0 Å². The molecule has 1 aromatic carbocycles. The van der Waals surface area contributed by atoms with E-state index in [1.54, 1.807) is 19.3 Å². The molecule has 0 radical (unpaired) electrons. The Bertz CT molecular complexity index is 887. The van der Waals surface area contributed by atoms with Gasteiger partial charge in [0.1, 0.15) is 12.0 Å². The fourth-order valence-electron chi connectivity index (χ4n) is 2.41. The molecule has 0 amide bonds. The molecule has 10 heteroatoms. The van der Waals surface area contributed by atoms with Gasteiger partial charge in [-0.3, -0.25) is 4.98 Å². The maximum atomic E-state index is 12.4. The predicted molar refractivity (Wildman–Crippen MR) is 96.3 cm³/mol. The van der Waals surface area contributed by atoms with Gasteiger partial charge in [-0.05, 0) is 55.3 Å². The largest absolute Gasteiger partial charge is 0.534 e. The zero-order chi connectivity index (χ0) is 20.8. The van der Waals surface area contributed by atoms with E-state index in [2.05, 4.69) is 14.5 Å². The topological polar surface area (TPSA) is 85.4 Å². The van der Waals surface area contributed by atoms with Crippen LogP contribution in [0.15, 0.2) is 48.8 Å². The highest BCUT2D eigenvalue weighted by atomic mass is 32.2. The van der Waals surface area contributed by atoms with Gasteiger partial charge in [0.15, 0.2) is 0 Å². The minimum Gasteiger partial charge on any atom is -0.376 e. The molecule has 0 saturated heterocycles. The van der Waals surface area contributed by atoms with Crippen molar-refractivity contribution < 1.29 is 30.6 Å². The summed E-state index contributed by atoms with van der Waals surface area (Å²) in [7, 11) is -5.73. The summed E-state index contributed by atoms with van der Waals surface area (Å²) in [5.41, 5.74) is -4.86. The number of hydrogen-bond donors (Lipinski definition) is 1. The highest BCUT2D eigenvalue weighted by Gasteiger charge is 2.48. The van der Waals surface area contributed by atoms with E-state index < -0.39 is 26.8 Å². The van der Waals surface area contributed by atoms with Gasteiger partial charge in [-0.25, -0.2) is 0 Å². The van der Waals surface area contributed by atoms with E-state index in [0.717, 1.165) is 30.4 Å². The quantitative estimate of drug-likeness (QED) is 0.293. The first-order chi connectivity index (χ1) is 13.1. The molecule has 1 heterocycles. The number of carbonyl (C=O) groups is 1. The SMILES string of the molecule is CC(C=O)(CNCCc1ccncc1)c1ccc(OS(=O)(=O)C(F)(F)F)cc1. The molecule has 0 bridgehead atoms. The molecule has 0 saturated carbocycles. The number of aldehydes is 1. The number of aromatic nitrogens is 1. The van der Waals surface area contributed by atoms with Gasteiger partial charge in [0.2, 0.25) is 0 Å². The summed E-state index contributed by atoms with van der Waals surface area (Å²) in [6, 6.07) is 8.65. The number of pyridine rings is 1. The molecule has 1 atom stereocenters. The minimum atomic E-state index is -5.73. The molecule has 0 aliphatic carbocycles. The Kier molecular flexibility index (Phi) is 6.78. The Labute approximate surface area is 160 Å². The van der Waals surface area contributed by atoms with Crippen molar-refractivity contribution in [2.75, 3.05) is 13.1 Å². The van der Waals surface area contributed by atoms with Crippen LogP contribution in [0.25, 0.3) is 0 Å². The molecule has 152 valence electrons. The first-order valence-corrected chi connectivity index (χ1v) is 9.65. The van der Waals surface area contributed by atoms with Crippen molar-refractivity contribution in [1.82, 2.24) is 10.3 Å². The maximum Gasteiger partial charge on any atom is 0.534 e. The van der Waals surface area contributed by atoms with Gasteiger partial charge in [0.05, 0.1) is 5.41 Å². The molecule has 0 spiro atoms. The Morgan fingerprint density at radius 2 is 1.71 bits per heavy atom. The third-order valence-electron chi connectivity index (χ3n) is 4.10. The first kappa shape index (κ1) is 21.8. The van der Waals surface area contributed by atoms with Gasteiger partial charge < -0.3 is 14.3 Å². The highest BCUT2D eigenvalue weighted by molar-refractivity contribution is 7.88. The van der Waals surface area contributed by atoms with Crippen molar-refractivity contribution in [3.8, 4) is 5.75 Å². The number of nitrogens with one attached hydrogen (secondary N) is 1. The summed E-state index contributed by atoms with van der Waals surface area (Å²) in [6.07, 6.45) is 4.84. The van der Waals surface area contributed by atoms with Crippen LogP contribution in [-0.2, 0) is 26.7 Å². The summed E-state index contributed by atoms with van der Waals surface area (Å²) >= 11 is 0. The molecule has 2 rings (SSSR count). The first-order valence-electron chi connectivity index (χ1n) is 8.25. The summed E-state index contributed by atoms with van der Waals surface area (Å²) in [6.45, 7) is 2.57. The van der Waals surface area contributed by atoms with E-state index in [-0.39, 0.29) is 0 Å². The van der Waals surface area contributed by atoms with E-state index in [1.807, 2.05) is 12.1 Å². The van der Waals surface area contributed by atoms with Crippen molar-refractivity contribution in [1.29, 1.82) is 0 Å². The summed E-state index contributed by atoms with van der Waals surface area (Å²) < 4.78 is 63.2. The normalized spacial score (nSPS) is 14.3. The minimum absolute atomic E-state index is 0.294. The number of benzene rings is 1. The maximum absolute atomic E-state index is 12.4. The lowest BCUT2D eigenvalue weighted by Crippen LogP contribution is -2.37. The van der Waals surface area contributed by atoms with Crippen LogP contribution in [0.1, 0.15) is 18.1 Å². The smallest absolute Gasteiger partial charge is 0.376 e. The van der Waals surface area contributed by atoms with Gasteiger partial charge in [0.25, 0.3) is 0 Å². The number of carbonyl (C=O) groups excluding carboxylic acids is 1. The lowest BCUT2D eigenvalue weighted by molar-refractivity contribution is -0.112. The molecular formula is C18H19F3N2O4S. The lowest BCUT2D eigenvalue weighted by atomic mass is 9.84. The Morgan fingerprint density at radius 3 is 2.25 bits per heavy atom. The average Bonchev–Trinajstić information content (AvgIpc) is 2.65. The molecular weight excluding hydrogens is 397 g/mol. The molecule has 0 fully saturated rings. The third-order valence-corrected chi connectivity index (χ3v) is 5.07. The van der Waals surface area contributed by atoms with Crippen molar-refractivity contribution in [2.45, 2.75) is 24.3 Å². The molecule has 0 aliphatic rings. The van der Waals surface area contributed by atoms with Crippen molar-refractivity contribution in [2.24, 2.45) is 0 Å². The molecule has 6 nitrogen and oxygen atoms in total. The van der Waals surface area contributed by atoms with E-state index in [9.17, 15) is 26.4 Å². The number of rotatable bonds is 9. The van der Waals surface area contributed by atoms with Crippen LogP contribution in [0.2, 0.25) is 0 Å². The molecule has 1 N–H and O–H groups in total. The van der Waals surface area contributed by atoms with Gasteiger partial charge in [-0.2, -0.15) is 21.6 Å². The Hall–Kier alpha value is -2.46. The van der Waals surface area contributed by atoms with E-state index in [0.29, 0.717) is 18.7 Å². The number of nitrogens with zero attached hydrogens (tertiary/aromatic N) is 1. The Morgan fingerprint density at radius 1 is 1.11 bits per heavy atom. The van der Waals surface area contributed by atoms with E-state index in [1.165, 1.54) is 12.1 Å². The number of hydrogen-bond acceptors (Lipinski definition) is 6. The lowest BCUT2D eigenvalue weighted by Gasteiger charge is -2.24. The van der Waals surface area contributed by atoms with Crippen LogP contribution in [0.3, 0.4) is 0 Å². The van der Waals surface area contributed by atoms with Crippen LogP contribution in [0.5, 0.6) is 5.75 Å². The molecule has 1 unspecified atom stereocenters. The summed E-state index contributed by atoms with van der Waals surface area (Å²) in [4.78, 5) is 15.5. The van der Waals surface area contributed by atoms with Crippen LogP contribution in [0, 0.1) is 0 Å². The molecule has 28 heavy (non-hydrogen) atoms. The zero-order valence-electron chi connectivity index (χ0n) is 14.9. The van der Waals surface area contributed by atoms with Crippen molar-refractivity contribution in [3.05, 3.63) is 59.9 Å². The molecule has 2 aromatic rings. The average molecular weight is 416 g/mol. The fraction of sp³-hybridized carbons (Fsp3) is 0.333. The van der Waals surface area contributed by atoms with Gasteiger partial charge in [-0.1, -0.05) is 12.1 Å². The van der Waals surface area contributed by atoms with Gasteiger partial charge in [0, 0.05) is 18.9 Å². The molecule has 1 aromatic heterocycles. The third kappa shape index (κ3) is 5.52. The monoisotopic (exact) mass is 416 g/mol. The second-order valence-electron chi connectivity index (χ2n) is 6.33. The van der Waals surface area contributed by atoms with E-state index in [4.69, 9.17) is 0 Å². The second kappa shape index (κ2) is 8.70. The fourth-order valence-corrected chi connectivity index (χ4v) is 2.87. The van der Waals surface area contributed by atoms with Gasteiger partial charge >= 0.3 is 15.6 Å². The van der Waals surface area contributed by atoms with Crippen LogP contribution in [0.4, 0.5) is 13.2 Å².